The number of aliphatic carboxylic acids is 1. The molecule has 20 heteroatoms. The van der Waals surface area contributed by atoms with Gasteiger partial charge < -0.3 is 24.9 Å². The Hall–Kier alpha value is -6.57. The fourth-order valence-electron chi connectivity index (χ4n) is 6.41. The summed E-state index contributed by atoms with van der Waals surface area (Å²) in [5, 5.41) is 22.0. The molecule has 6 rings (SSSR count). The number of unbranched alkanes of at least 4 members (excludes halogenated alkanes) is 1. The number of imidazole rings is 2. The van der Waals surface area contributed by atoms with Crippen molar-refractivity contribution in [1.82, 2.24) is 43.6 Å². The molecule has 5 N–H and O–H groups in total. The van der Waals surface area contributed by atoms with Crippen molar-refractivity contribution in [3.63, 3.8) is 0 Å². The van der Waals surface area contributed by atoms with Crippen LogP contribution >= 0.6 is 0 Å². The number of benzene rings is 2. The number of fused-ring (bicyclic) bond motifs is 2. The molecule has 0 spiro atoms. The van der Waals surface area contributed by atoms with Crippen molar-refractivity contribution in [3.8, 4) is 0 Å². The van der Waals surface area contributed by atoms with Gasteiger partial charge in [0.05, 0.1) is 33.5 Å². The number of para-hydroxylation sites is 1. The molecular weight excluding hydrogens is 761 g/mol. The molecule has 0 saturated heterocycles. The minimum Gasteiger partial charge on any atom is -0.475 e. The van der Waals surface area contributed by atoms with Gasteiger partial charge in [0, 0.05) is 38.3 Å². The summed E-state index contributed by atoms with van der Waals surface area (Å²) in [4.78, 5) is 59.5. The predicted octanol–water partition coefficient (Wildman–Crippen LogP) is 5.21. The van der Waals surface area contributed by atoms with E-state index in [1.807, 2.05) is 63.1 Å². The third-order valence-electron chi connectivity index (χ3n) is 8.96. The fourth-order valence-corrected chi connectivity index (χ4v) is 6.41. The number of nitrogens with one attached hydrogen (secondary N) is 2. The lowest BCUT2D eigenvalue weighted by Gasteiger charge is -2.13. The summed E-state index contributed by atoms with van der Waals surface area (Å²) < 4.78 is 39.1. The number of carboxylic acids is 1. The highest BCUT2D eigenvalue weighted by atomic mass is 19.4. The van der Waals surface area contributed by atoms with Gasteiger partial charge in [0.25, 0.3) is 11.8 Å². The number of nitrogens with zero attached hydrogens (tertiary/aromatic N) is 9. The monoisotopic (exact) mass is 806 g/mol. The Kier molecular flexibility index (Phi) is 13.0. The van der Waals surface area contributed by atoms with Crippen molar-refractivity contribution in [2.45, 2.75) is 79.4 Å². The van der Waals surface area contributed by atoms with Crippen LogP contribution in [0.15, 0.2) is 48.5 Å². The summed E-state index contributed by atoms with van der Waals surface area (Å²) in [6.07, 6.45) is -3.67. The van der Waals surface area contributed by atoms with E-state index < -0.39 is 18.1 Å². The first-order chi connectivity index (χ1) is 27.4. The second-order valence-electron chi connectivity index (χ2n) is 13.7. The molecule has 58 heavy (non-hydrogen) atoms. The van der Waals surface area contributed by atoms with E-state index in [0.29, 0.717) is 79.9 Å². The van der Waals surface area contributed by atoms with E-state index in [1.54, 1.807) is 39.7 Å². The number of aryl methyl sites for hydroxylation is 6. The third-order valence-corrected chi connectivity index (χ3v) is 8.96. The molecule has 308 valence electrons. The summed E-state index contributed by atoms with van der Waals surface area (Å²) in [5.41, 5.74) is 12.4. The van der Waals surface area contributed by atoms with Gasteiger partial charge in [-0.25, -0.2) is 14.8 Å². The van der Waals surface area contributed by atoms with Crippen LogP contribution in [0.2, 0.25) is 0 Å². The molecule has 4 aromatic heterocycles. The highest BCUT2D eigenvalue weighted by Gasteiger charge is 2.38. The van der Waals surface area contributed by atoms with E-state index in [9.17, 15) is 27.6 Å². The van der Waals surface area contributed by atoms with Gasteiger partial charge in [0.2, 0.25) is 17.8 Å². The summed E-state index contributed by atoms with van der Waals surface area (Å²) in [5.74, 6) is -3.10. The van der Waals surface area contributed by atoms with E-state index >= 15 is 0 Å². The molecule has 2 aromatic carbocycles. The van der Waals surface area contributed by atoms with Gasteiger partial charge in [-0.15, -0.1) is 0 Å². The molecule has 0 unspecified atom stereocenters. The minimum absolute atomic E-state index is 0.275. The van der Waals surface area contributed by atoms with Crippen LogP contribution in [0.1, 0.15) is 75.0 Å². The fraction of sp³-hybridized carbons (Fsp3) is 0.368. The van der Waals surface area contributed by atoms with Crippen LogP contribution in [0, 0.1) is 13.8 Å². The number of hydrogen-bond donors (Lipinski definition) is 4. The average molecular weight is 807 g/mol. The lowest BCUT2D eigenvalue weighted by atomic mass is 10.1. The van der Waals surface area contributed by atoms with Gasteiger partial charge in [-0.3, -0.25) is 34.4 Å². The number of carbonyl (C=O) groups excluding carboxylic acids is 3. The van der Waals surface area contributed by atoms with Gasteiger partial charge in [-0.2, -0.15) is 23.4 Å². The zero-order valence-electron chi connectivity index (χ0n) is 32.9. The largest absolute Gasteiger partial charge is 0.490 e. The Morgan fingerprint density at radius 1 is 0.793 bits per heavy atom. The molecule has 0 saturated carbocycles. The standard InChI is InChI=1S/C36H44N12O3.C2HF3O2/c1-7-47-29(18-22(3)42-47)33(50)40-35-38-26-20-24(32(37)49)14-15-27(26)45(35)16-9-10-17-46-28-13-11-12-25(21-44(5)6)31(28)39-36(46)41-34(51)30-19-23(4)43-48(30)8-2;3-2(4,5)1(6)7/h11-15,18-20H,7-10,16-17,21H2,1-6H3,(H2,37,49)(H,38,40,50)(H,39,41,51);(H,6,7). The summed E-state index contributed by atoms with van der Waals surface area (Å²) >= 11 is 0. The van der Waals surface area contributed by atoms with Gasteiger partial charge in [0.15, 0.2) is 0 Å². The first kappa shape index (κ1) is 42.6. The van der Waals surface area contributed by atoms with Crippen LogP contribution in [0.25, 0.3) is 22.1 Å². The van der Waals surface area contributed by atoms with Gasteiger partial charge >= 0.3 is 12.1 Å². The van der Waals surface area contributed by atoms with E-state index in [1.165, 1.54) is 0 Å². The second-order valence-corrected chi connectivity index (χ2v) is 13.7. The maximum Gasteiger partial charge on any atom is 0.490 e. The van der Waals surface area contributed by atoms with Gasteiger partial charge in [-0.1, -0.05) is 12.1 Å². The maximum absolute atomic E-state index is 13.5. The number of rotatable bonds is 14. The number of nitrogens with two attached hydrogens (primary N) is 1. The van der Waals surface area contributed by atoms with E-state index in [2.05, 4.69) is 31.8 Å². The van der Waals surface area contributed by atoms with Crippen LogP contribution in [-0.4, -0.2) is 92.6 Å². The second kappa shape index (κ2) is 17.7. The zero-order valence-corrected chi connectivity index (χ0v) is 32.9. The Bertz CT molecular complexity index is 2480. The minimum atomic E-state index is -5.08. The summed E-state index contributed by atoms with van der Waals surface area (Å²) in [7, 11) is 4.02. The van der Waals surface area contributed by atoms with Crippen LogP contribution in [-0.2, 0) is 37.5 Å². The SMILES string of the molecule is CCn1nc(C)cc1C(=O)Nc1nc2cc(C(N)=O)ccc2n1CCCCn1c(NC(=O)c2cc(C)nn2CC)nc2c(CN(C)C)cccc21.O=C(O)C(F)(F)F. The summed E-state index contributed by atoms with van der Waals surface area (Å²) in [6.45, 7) is 10.5. The molecule has 0 aliphatic carbocycles. The van der Waals surface area contributed by atoms with Crippen molar-refractivity contribution >= 4 is 57.7 Å². The normalized spacial score (nSPS) is 11.6. The Morgan fingerprint density at radius 2 is 1.31 bits per heavy atom. The van der Waals surface area contributed by atoms with Crippen molar-refractivity contribution in [2.24, 2.45) is 5.73 Å². The molecule has 0 aliphatic rings. The van der Waals surface area contributed by atoms with Gasteiger partial charge in [-0.05, 0) is 96.6 Å². The predicted molar refractivity (Wildman–Crippen MR) is 209 cm³/mol. The maximum atomic E-state index is 13.5. The van der Waals surface area contributed by atoms with E-state index in [4.69, 9.17) is 25.6 Å². The molecule has 0 aliphatic heterocycles. The average Bonchev–Trinajstić information content (AvgIpc) is 3.92. The van der Waals surface area contributed by atoms with Crippen LogP contribution in [0.3, 0.4) is 0 Å². The first-order valence-electron chi connectivity index (χ1n) is 18.4. The molecule has 0 atom stereocenters. The molecule has 4 heterocycles. The number of hydrogen-bond acceptors (Lipinski definition) is 9. The quantitative estimate of drug-likeness (QED) is 0.105. The van der Waals surface area contributed by atoms with Crippen molar-refractivity contribution in [2.75, 3.05) is 24.7 Å². The van der Waals surface area contributed by atoms with Crippen molar-refractivity contribution in [1.29, 1.82) is 0 Å². The molecule has 6 aromatic rings. The van der Waals surface area contributed by atoms with Gasteiger partial charge in [0.1, 0.15) is 11.4 Å². The Morgan fingerprint density at radius 3 is 1.79 bits per heavy atom. The van der Waals surface area contributed by atoms with Crippen molar-refractivity contribution in [3.05, 3.63) is 82.4 Å². The molecule has 0 radical (unpaired) electrons. The van der Waals surface area contributed by atoms with E-state index in [0.717, 1.165) is 33.5 Å². The lowest BCUT2D eigenvalue weighted by molar-refractivity contribution is -0.192. The highest BCUT2D eigenvalue weighted by Crippen LogP contribution is 2.27. The lowest BCUT2D eigenvalue weighted by Crippen LogP contribution is -2.21. The number of aromatic nitrogens is 8. The first-order valence-corrected chi connectivity index (χ1v) is 18.4. The number of primary amides is 1. The third kappa shape index (κ3) is 9.68. The van der Waals surface area contributed by atoms with E-state index in [-0.39, 0.29) is 11.8 Å². The zero-order chi connectivity index (χ0) is 42.5. The number of anilines is 2. The highest BCUT2D eigenvalue weighted by molar-refractivity contribution is 6.04. The molecule has 0 fully saturated rings. The number of carbonyl (C=O) groups is 4. The topological polar surface area (TPSA) is 213 Å². The number of carboxylic acid groups (broad SMARTS) is 1. The summed E-state index contributed by atoms with van der Waals surface area (Å²) in [6, 6.07) is 14.7. The van der Waals surface area contributed by atoms with Crippen LogP contribution < -0.4 is 16.4 Å². The molecule has 0 bridgehead atoms. The number of halogens is 3. The van der Waals surface area contributed by atoms with Crippen LogP contribution in [0.4, 0.5) is 25.1 Å². The molecule has 3 amide bonds. The number of alkyl halides is 3. The Balaban J connectivity index is 0.000000839. The van der Waals surface area contributed by atoms with Crippen molar-refractivity contribution < 1.29 is 37.5 Å². The smallest absolute Gasteiger partial charge is 0.475 e. The molecular formula is C38H45F3N12O5. The molecule has 17 nitrogen and oxygen atoms in total. The Labute approximate surface area is 330 Å². The number of amides is 3. The van der Waals surface area contributed by atoms with Crippen LogP contribution in [0.5, 0.6) is 0 Å².